The molecule has 2 heteroatoms. The molecule has 1 N–H and O–H groups in total. The minimum atomic E-state index is -0.284. The molecule has 1 unspecified atom stereocenters. The van der Waals surface area contributed by atoms with Gasteiger partial charge in [-0.05, 0) is 32.6 Å². The number of hydrogen-bond donors (Lipinski definition) is 1. The highest BCUT2D eigenvalue weighted by Crippen LogP contribution is 2.27. The Balaban J connectivity index is 4.94. The third-order valence-corrected chi connectivity index (χ3v) is 2.48. The van der Waals surface area contributed by atoms with Gasteiger partial charge in [0.15, 0.2) is 5.78 Å². The highest BCUT2D eigenvalue weighted by molar-refractivity contribution is 5.88. The summed E-state index contributed by atoms with van der Waals surface area (Å²) in [6, 6.07) is -0.0602. The van der Waals surface area contributed by atoms with Crippen LogP contribution in [0.3, 0.4) is 0 Å². The Bertz CT molecular complexity index is 244. The molecule has 0 heterocycles. The lowest BCUT2D eigenvalue weighted by atomic mass is 9.79. The van der Waals surface area contributed by atoms with Gasteiger partial charge in [-0.2, -0.15) is 0 Å². The van der Waals surface area contributed by atoms with E-state index in [-0.39, 0.29) is 22.4 Å². The van der Waals surface area contributed by atoms with Gasteiger partial charge in [0.1, 0.15) is 0 Å². The normalized spacial score (nSPS) is 15.8. The number of Topliss-reactive ketones (excluding diaryl/α,β-unsaturated/α-hetero) is 1. The first-order valence-corrected chi connectivity index (χ1v) is 6.54. The maximum atomic E-state index is 12.5. The molecule has 0 bridgehead atoms. The topological polar surface area (TPSA) is 29.1 Å². The number of rotatable bonds is 3. The highest BCUT2D eigenvalue weighted by atomic mass is 16.1. The second-order valence-electron chi connectivity index (χ2n) is 8.33. The number of hydrogen-bond acceptors (Lipinski definition) is 2. The Morgan fingerprint density at radius 2 is 1.35 bits per heavy atom. The zero-order chi connectivity index (χ0) is 14.1. The van der Waals surface area contributed by atoms with Gasteiger partial charge in [0, 0.05) is 11.0 Å². The Kier molecular flexibility index (Phi) is 4.98. The molecule has 17 heavy (non-hydrogen) atoms. The van der Waals surface area contributed by atoms with Crippen molar-refractivity contribution in [2.75, 3.05) is 0 Å². The van der Waals surface area contributed by atoms with Crippen LogP contribution in [0.2, 0.25) is 0 Å². The first-order valence-electron chi connectivity index (χ1n) is 6.54. The second-order valence-corrected chi connectivity index (χ2v) is 8.33. The first kappa shape index (κ1) is 16.6. The van der Waals surface area contributed by atoms with Crippen LogP contribution in [0.5, 0.6) is 0 Å². The summed E-state index contributed by atoms with van der Waals surface area (Å²) in [6.45, 7) is 18.9. The molecular weight excluding hydrogens is 210 g/mol. The fraction of sp³-hybridized carbons (Fsp3) is 0.933. The maximum absolute atomic E-state index is 12.5. The summed E-state index contributed by atoms with van der Waals surface area (Å²) in [5, 5.41) is 3.47. The number of carbonyl (C=O) groups excluding carboxylic acids is 1. The molecule has 0 aliphatic heterocycles. The highest BCUT2D eigenvalue weighted by Gasteiger charge is 2.34. The molecule has 0 fully saturated rings. The van der Waals surface area contributed by atoms with Crippen LogP contribution >= 0.6 is 0 Å². The standard InChI is InChI=1S/C15H31NO/c1-13(2,3)10-11(16-15(7,8)9)12(17)14(4,5)6/h11,16H,10H2,1-9H3. The summed E-state index contributed by atoms with van der Waals surface area (Å²) in [7, 11) is 0. The summed E-state index contributed by atoms with van der Waals surface area (Å²) in [4.78, 5) is 12.5. The molecule has 0 amide bonds. The molecule has 0 radical (unpaired) electrons. The van der Waals surface area contributed by atoms with Crippen molar-refractivity contribution < 1.29 is 4.79 Å². The molecule has 0 saturated carbocycles. The van der Waals surface area contributed by atoms with Crippen molar-refractivity contribution in [3.8, 4) is 0 Å². The van der Waals surface area contributed by atoms with Crippen LogP contribution in [0.15, 0.2) is 0 Å². The minimum Gasteiger partial charge on any atom is -0.303 e. The van der Waals surface area contributed by atoms with Crippen molar-refractivity contribution in [3.05, 3.63) is 0 Å². The molecule has 0 rings (SSSR count). The van der Waals surface area contributed by atoms with E-state index in [0.29, 0.717) is 5.78 Å². The summed E-state index contributed by atoms with van der Waals surface area (Å²) >= 11 is 0. The van der Waals surface area contributed by atoms with Crippen molar-refractivity contribution >= 4 is 5.78 Å². The average Bonchev–Trinajstić information content (AvgIpc) is 1.94. The van der Waals surface area contributed by atoms with Gasteiger partial charge < -0.3 is 5.32 Å². The Labute approximate surface area is 108 Å². The van der Waals surface area contributed by atoms with Gasteiger partial charge in [0.2, 0.25) is 0 Å². The Hall–Kier alpha value is -0.370. The third kappa shape index (κ3) is 7.54. The monoisotopic (exact) mass is 241 g/mol. The first-order chi connectivity index (χ1) is 7.22. The molecule has 1 atom stereocenters. The molecule has 0 aromatic rings. The smallest absolute Gasteiger partial charge is 0.155 e. The molecule has 102 valence electrons. The van der Waals surface area contributed by atoms with E-state index in [2.05, 4.69) is 46.9 Å². The molecule has 0 spiro atoms. The molecule has 0 aliphatic rings. The van der Waals surface area contributed by atoms with Gasteiger partial charge in [0.05, 0.1) is 6.04 Å². The Morgan fingerprint density at radius 3 is 1.59 bits per heavy atom. The molecule has 0 aromatic carbocycles. The van der Waals surface area contributed by atoms with Gasteiger partial charge in [-0.3, -0.25) is 4.79 Å². The quantitative estimate of drug-likeness (QED) is 0.814. The van der Waals surface area contributed by atoms with Crippen molar-refractivity contribution in [1.82, 2.24) is 5.32 Å². The minimum absolute atomic E-state index is 0.0309. The van der Waals surface area contributed by atoms with Crippen molar-refractivity contribution in [3.63, 3.8) is 0 Å². The van der Waals surface area contributed by atoms with E-state index >= 15 is 0 Å². The zero-order valence-electron chi connectivity index (χ0n) is 13.2. The number of ketones is 1. The van der Waals surface area contributed by atoms with E-state index in [1.54, 1.807) is 0 Å². The van der Waals surface area contributed by atoms with Gasteiger partial charge in [-0.1, -0.05) is 41.5 Å². The SMILES string of the molecule is CC(C)(C)CC(NC(C)(C)C)C(=O)C(C)(C)C. The van der Waals surface area contributed by atoms with Crippen LogP contribution in [0.25, 0.3) is 0 Å². The van der Waals surface area contributed by atoms with Crippen LogP contribution in [0.4, 0.5) is 0 Å². The molecular formula is C15H31NO. The van der Waals surface area contributed by atoms with E-state index in [4.69, 9.17) is 0 Å². The predicted molar refractivity (Wildman–Crippen MR) is 75.2 cm³/mol. The fourth-order valence-electron chi connectivity index (χ4n) is 1.87. The van der Waals surface area contributed by atoms with E-state index < -0.39 is 0 Å². The third-order valence-electron chi connectivity index (χ3n) is 2.48. The van der Waals surface area contributed by atoms with Crippen LogP contribution in [0.1, 0.15) is 68.7 Å². The van der Waals surface area contributed by atoms with Crippen molar-refractivity contribution in [2.24, 2.45) is 10.8 Å². The molecule has 0 aliphatic carbocycles. The van der Waals surface area contributed by atoms with E-state index in [9.17, 15) is 4.79 Å². The van der Waals surface area contributed by atoms with Gasteiger partial charge in [0.25, 0.3) is 0 Å². The van der Waals surface area contributed by atoms with E-state index in [1.165, 1.54) is 0 Å². The van der Waals surface area contributed by atoms with E-state index in [0.717, 1.165) is 6.42 Å². The maximum Gasteiger partial charge on any atom is 0.155 e. The van der Waals surface area contributed by atoms with Crippen molar-refractivity contribution in [2.45, 2.75) is 80.3 Å². The summed E-state index contributed by atoms with van der Waals surface area (Å²) < 4.78 is 0. The second kappa shape index (κ2) is 5.09. The molecule has 0 aromatic heterocycles. The van der Waals surface area contributed by atoms with Gasteiger partial charge in [-0.15, -0.1) is 0 Å². The van der Waals surface area contributed by atoms with Crippen LogP contribution in [-0.2, 0) is 4.79 Å². The Morgan fingerprint density at radius 1 is 0.941 bits per heavy atom. The van der Waals surface area contributed by atoms with Crippen LogP contribution in [0, 0.1) is 10.8 Å². The average molecular weight is 241 g/mol. The van der Waals surface area contributed by atoms with Crippen molar-refractivity contribution in [1.29, 1.82) is 0 Å². The fourth-order valence-corrected chi connectivity index (χ4v) is 1.87. The summed E-state index contributed by atoms with van der Waals surface area (Å²) in [6.07, 6.45) is 0.875. The zero-order valence-corrected chi connectivity index (χ0v) is 13.2. The lowest BCUT2D eigenvalue weighted by molar-refractivity contribution is -0.129. The summed E-state index contributed by atoms with van der Waals surface area (Å²) in [5.74, 6) is 0.308. The van der Waals surface area contributed by atoms with Crippen LogP contribution in [-0.4, -0.2) is 17.4 Å². The number of carbonyl (C=O) groups is 1. The van der Waals surface area contributed by atoms with E-state index in [1.807, 2.05) is 20.8 Å². The van der Waals surface area contributed by atoms with Crippen LogP contribution < -0.4 is 5.32 Å². The number of nitrogens with one attached hydrogen (secondary N) is 1. The van der Waals surface area contributed by atoms with Gasteiger partial charge in [-0.25, -0.2) is 0 Å². The predicted octanol–water partition coefficient (Wildman–Crippen LogP) is 3.79. The largest absolute Gasteiger partial charge is 0.303 e. The molecule has 0 saturated heterocycles. The summed E-state index contributed by atoms with van der Waals surface area (Å²) in [5.41, 5.74) is -0.158. The lowest BCUT2D eigenvalue weighted by Gasteiger charge is -2.35. The lowest BCUT2D eigenvalue weighted by Crippen LogP contribution is -2.52. The van der Waals surface area contributed by atoms with Gasteiger partial charge >= 0.3 is 0 Å². The molecule has 2 nitrogen and oxygen atoms in total.